The molecule has 0 spiro atoms. The summed E-state index contributed by atoms with van der Waals surface area (Å²) < 4.78 is 5.34. The second-order valence-electron chi connectivity index (χ2n) is 4.90. The first-order chi connectivity index (χ1) is 8.04. The third-order valence-electron chi connectivity index (χ3n) is 3.40. The molecule has 5 heteroatoms. The lowest BCUT2D eigenvalue weighted by Crippen LogP contribution is -2.54. The Morgan fingerprint density at radius 1 is 1.53 bits per heavy atom. The molecule has 1 aliphatic rings. The van der Waals surface area contributed by atoms with Crippen molar-refractivity contribution in [3.63, 3.8) is 0 Å². The van der Waals surface area contributed by atoms with Crippen LogP contribution in [0.3, 0.4) is 0 Å². The molecule has 1 fully saturated rings. The second-order valence-corrected chi connectivity index (χ2v) is 5.42. The van der Waals surface area contributed by atoms with Crippen LogP contribution in [0.5, 0.6) is 5.88 Å². The molecule has 94 valence electrons. The van der Waals surface area contributed by atoms with Crippen molar-refractivity contribution in [3.05, 3.63) is 12.4 Å². The highest BCUT2D eigenvalue weighted by molar-refractivity contribution is 6.21. The van der Waals surface area contributed by atoms with Crippen molar-refractivity contribution in [2.75, 3.05) is 11.9 Å². The smallest absolute Gasteiger partial charge is 0.218 e. The molecular weight excluding hydrogens is 238 g/mol. The molecule has 1 aromatic heterocycles. The highest BCUT2D eigenvalue weighted by Gasteiger charge is 2.47. The van der Waals surface area contributed by atoms with Gasteiger partial charge in [0.05, 0.1) is 6.61 Å². The predicted octanol–water partition coefficient (Wildman–Crippen LogP) is 2.69. The molecule has 17 heavy (non-hydrogen) atoms. The van der Waals surface area contributed by atoms with Gasteiger partial charge in [0.2, 0.25) is 5.88 Å². The molecule has 4 nitrogen and oxygen atoms in total. The first-order valence-electron chi connectivity index (χ1n) is 5.89. The van der Waals surface area contributed by atoms with Crippen LogP contribution in [-0.2, 0) is 0 Å². The van der Waals surface area contributed by atoms with Gasteiger partial charge in [-0.15, -0.1) is 11.6 Å². The Morgan fingerprint density at radius 2 is 2.29 bits per heavy atom. The van der Waals surface area contributed by atoms with Gasteiger partial charge in [-0.3, -0.25) is 0 Å². The fourth-order valence-corrected chi connectivity index (χ4v) is 2.27. The maximum Gasteiger partial charge on any atom is 0.218 e. The van der Waals surface area contributed by atoms with E-state index in [1.807, 2.05) is 13.0 Å². The van der Waals surface area contributed by atoms with Crippen molar-refractivity contribution in [2.24, 2.45) is 5.41 Å². The second kappa shape index (κ2) is 4.69. The van der Waals surface area contributed by atoms with Crippen molar-refractivity contribution < 1.29 is 4.74 Å². The van der Waals surface area contributed by atoms with E-state index in [4.69, 9.17) is 16.3 Å². The van der Waals surface area contributed by atoms with E-state index in [9.17, 15) is 0 Å². The maximum atomic E-state index is 6.19. The monoisotopic (exact) mass is 255 g/mol. The van der Waals surface area contributed by atoms with Gasteiger partial charge in [-0.1, -0.05) is 13.8 Å². The lowest BCUT2D eigenvalue weighted by atomic mass is 9.67. The van der Waals surface area contributed by atoms with Crippen LogP contribution in [0.2, 0.25) is 0 Å². The number of rotatable bonds is 4. The lowest BCUT2D eigenvalue weighted by molar-refractivity contribution is 0.168. The summed E-state index contributed by atoms with van der Waals surface area (Å²) in [5, 5.41) is 3.61. The molecule has 0 aliphatic heterocycles. The van der Waals surface area contributed by atoms with Gasteiger partial charge in [-0.2, -0.15) is 0 Å². The predicted molar refractivity (Wildman–Crippen MR) is 68.7 cm³/mol. The summed E-state index contributed by atoms with van der Waals surface area (Å²) >= 11 is 6.19. The zero-order valence-electron chi connectivity index (χ0n) is 10.4. The minimum atomic E-state index is 0.0955. The summed E-state index contributed by atoms with van der Waals surface area (Å²) in [7, 11) is 0. The summed E-state index contributed by atoms with van der Waals surface area (Å²) in [5.74, 6) is 1.40. The molecule has 1 saturated carbocycles. The van der Waals surface area contributed by atoms with Gasteiger partial charge in [0.1, 0.15) is 12.1 Å². The van der Waals surface area contributed by atoms with Crippen LogP contribution < -0.4 is 10.1 Å². The molecule has 1 heterocycles. The van der Waals surface area contributed by atoms with Gasteiger partial charge in [0.25, 0.3) is 0 Å². The highest BCUT2D eigenvalue weighted by Crippen LogP contribution is 2.45. The zero-order valence-corrected chi connectivity index (χ0v) is 11.2. The number of anilines is 1. The fourth-order valence-electron chi connectivity index (χ4n) is 1.94. The quantitative estimate of drug-likeness (QED) is 0.841. The number of nitrogens with one attached hydrogen (secondary N) is 1. The Bertz CT molecular complexity index is 397. The Hall–Kier alpha value is -1.03. The van der Waals surface area contributed by atoms with Gasteiger partial charge >= 0.3 is 0 Å². The van der Waals surface area contributed by atoms with E-state index in [1.54, 1.807) is 0 Å². The molecule has 2 rings (SSSR count). The molecule has 0 saturated heterocycles. The summed E-state index contributed by atoms with van der Waals surface area (Å²) in [6, 6.07) is 2.18. The minimum Gasteiger partial charge on any atom is -0.478 e. The molecule has 0 aromatic carbocycles. The van der Waals surface area contributed by atoms with Crippen LogP contribution >= 0.6 is 11.6 Å². The lowest BCUT2D eigenvalue weighted by Gasteiger charge is -2.49. The first kappa shape index (κ1) is 12.4. The van der Waals surface area contributed by atoms with Crippen molar-refractivity contribution in [2.45, 2.75) is 38.6 Å². The number of aromatic nitrogens is 2. The molecule has 0 amide bonds. The van der Waals surface area contributed by atoms with Crippen LogP contribution in [0.25, 0.3) is 0 Å². The average molecular weight is 256 g/mol. The van der Waals surface area contributed by atoms with Crippen LogP contribution in [0, 0.1) is 5.41 Å². The van der Waals surface area contributed by atoms with E-state index in [0.29, 0.717) is 18.5 Å². The molecule has 1 aromatic rings. The van der Waals surface area contributed by atoms with Crippen LogP contribution in [0.4, 0.5) is 5.82 Å². The molecule has 2 atom stereocenters. The Kier molecular flexibility index (Phi) is 3.43. The first-order valence-corrected chi connectivity index (χ1v) is 6.33. The normalized spacial score (nSPS) is 26.1. The fraction of sp³-hybridized carbons (Fsp3) is 0.667. The van der Waals surface area contributed by atoms with E-state index in [-0.39, 0.29) is 10.8 Å². The number of hydrogen-bond acceptors (Lipinski definition) is 4. The highest BCUT2D eigenvalue weighted by atomic mass is 35.5. The van der Waals surface area contributed by atoms with Gasteiger partial charge < -0.3 is 10.1 Å². The van der Waals surface area contributed by atoms with Gasteiger partial charge in [0, 0.05) is 22.9 Å². The van der Waals surface area contributed by atoms with E-state index < -0.39 is 0 Å². The Morgan fingerprint density at radius 3 is 2.88 bits per heavy atom. The Balaban J connectivity index is 2.02. The summed E-state index contributed by atoms with van der Waals surface area (Å²) in [5.41, 5.74) is 0.0955. The Labute approximate surface area is 107 Å². The number of nitrogens with zero attached hydrogens (tertiary/aromatic N) is 2. The molecule has 1 aliphatic carbocycles. The third-order valence-corrected chi connectivity index (χ3v) is 4.14. The van der Waals surface area contributed by atoms with E-state index in [2.05, 4.69) is 29.1 Å². The molecule has 1 N–H and O–H groups in total. The number of alkyl halides is 1. The largest absolute Gasteiger partial charge is 0.478 e. The molecule has 0 bridgehead atoms. The van der Waals surface area contributed by atoms with Crippen LogP contribution in [0.1, 0.15) is 27.2 Å². The van der Waals surface area contributed by atoms with E-state index >= 15 is 0 Å². The maximum absolute atomic E-state index is 6.19. The van der Waals surface area contributed by atoms with Gasteiger partial charge in [-0.25, -0.2) is 9.97 Å². The van der Waals surface area contributed by atoms with E-state index in [0.717, 1.165) is 12.2 Å². The third kappa shape index (κ3) is 2.46. The standard InChI is InChI=1S/C12H18ClN3O/c1-4-17-11-6-10(14-7-15-11)16-9-5-8(13)12(9,2)3/h6-9H,4-5H2,1-3H3,(H,14,15,16). The topological polar surface area (TPSA) is 47.0 Å². The van der Waals surface area contributed by atoms with Crippen molar-refractivity contribution in [1.82, 2.24) is 9.97 Å². The van der Waals surface area contributed by atoms with Crippen molar-refractivity contribution in [1.29, 1.82) is 0 Å². The van der Waals surface area contributed by atoms with Crippen LogP contribution in [-0.4, -0.2) is 28.0 Å². The number of halogens is 1. The number of ether oxygens (including phenoxy) is 1. The molecule has 2 unspecified atom stereocenters. The van der Waals surface area contributed by atoms with E-state index in [1.165, 1.54) is 6.33 Å². The van der Waals surface area contributed by atoms with Crippen molar-refractivity contribution in [3.8, 4) is 5.88 Å². The average Bonchev–Trinajstić information content (AvgIpc) is 2.30. The van der Waals surface area contributed by atoms with Gasteiger partial charge in [-0.05, 0) is 13.3 Å². The SMILES string of the molecule is CCOc1cc(NC2CC(Cl)C2(C)C)ncn1. The van der Waals surface area contributed by atoms with Gasteiger partial charge in [0.15, 0.2) is 0 Å². The number of hydrogen-bond donors (Lipinski definition) is 1. The van der Waals surface area contributed by atoms with Crippen molar-refractivity contribution >= 4 is 17.4 Å². The molecule has 0 radical (unpaired) electrons. The summed E-state index contributed by atoms with van der Waals surface area (Å²) in [6.45, 7) is 6.87. The zero-order chi connectivity index (χ0) is 12.5. The minimum absolute atomic E-state index is 0.0955. The summed E-state index contributed by atoms with van der Waals surface area (Å²) in [6.07, 6.45) is 2.47. The van der Waals surface area contributed by atoms with Crippen LogP contribution in [0.15, 0.2) is 12.4 Å². The molecular formula is C12H18ClN3O. The summed E-state index contributed by atoms with van der Waals surface area (Å²) in [4.78, 5) is 8.22.